The molecule has 2 aromatic carbocycles. The summed E-state index contributed by atoms with van der Waals surface area (Å²) in [5, 5.41) is 2.97. The van der Waals surface area contributed by atoms with Crippen LogP contribution in [0.5, 0.6) is 5.75 Å². The Labute approximate surface area is 180 Å². The van der Waals surface area contributed by atoms with Crippen LogP contribution in [0.2, 0.25) is 0 Å². The maximum Gasteiger partial charge on any atom is 0.184 e. The number of allylic oxidation sites excluding steroid dienone is 1. The Balaban J connectivity index is 1.68. The Kier molecular flexibility index (Phi) is 7.84. The van der Waals surface area contributed by atoms with Gasteiger partial charge in [0.15, 0.2) is 17.4 Å². The summed E-state index contributed by atoms with van der Waals surface area (Å²) in [6.07, 6.45) is 3.12. The second-order valence-corrected chi connectivity index (χ2v) is 6.82. The number of halogens is 1. The molecule has 0 aliphatic rings. The Morgan fingerprint density at radius 2 is 1.97 bits per heavy atom. The van der Waals surface area contributed by atoms with Gasteiger partial charge in [0.05, 0.1) is 12.8 Å². The topological polar surface area (TPSA) is 73.3 Å². The number of aromatic nitrogens is 2. The average molecular weight is 421 g/mol. The summed E-state index contributed by atoms with van der Waals surface area (Å²) in [6.45, 7) is 4.48. The molecule has 160 valence electrons. The molecule has 0 saturated heterocycles. The number of nitrogens with zero attached hydrogens (tertiary/aromatic N) is 2. The van der Waals surface area contributed by atoms with Crippen LogP contribution in [0, 0.1) is 5.82 Å². The van der Waals surface area contributed by atoms with Gasteiger partial charge >= 0.3 is 0 Å². The first-order chi connectivity index (χ1) is 15.1. The van der Waals surface area contributed by atoms with Gasteiger partial charge in [-0.15, -0.1) is 0 Å². The van der Waals surface area contributed by atoms with E-state index in [1.54, 1.807) is 25.3 Å². The van der Waals surface area contributed by atoms with E-state index in [0.717, 1.165) is 23.1 Å². The van der Waals surface area contributed by atoms with E-state index in [4.69, 9.17) is 9.47 Å². The minimum atomic E-state index is -0.557. The molecule has 3 rings (SSSR count). The summed E-state index contributed by atoms with van der Waals surface area (Å²) in [5.74, 6) is 0.672. The number of ether oxygens (including phenoxy) is 2. The second-order valence-electron chi connectivity index (χ2n) is 6.82. The van der Waals surface area contributed by atoms with Crippen molar-refractivity contribution < 1.29 is 18.7 Å². The van der Waals surface area contributed by atoms with Crippen LogP contribution in [0.4, 0.5) is 15.9 Å². The van der Waals surface area contributed by atoms with Crippen molar-refractivity contribution in [1.29, 1.82) is 0 Å². The molecular weight excluding hydrogens is 397 g/mol. The largest absolute Gasteiger partial charge is 0.491 e. The lowest BCUT2D eigenvalue weighted by molar-refractivity contribution is -0.114. The maximum absolute atomic E-state index is 14.3. The molecule has 31 heavy (non-hydrogen) atoms. The van der Waals surface area contributed by atoms with Crippen molar-refractivity contribution in [2.75, 3.05) is 25.6 Å². The van der Waals surface area contributed by atoms with Crippen molar-refractivity contribution in [2.24, 2.45) is 0 Å². The fourth-order valence-electron chi connectivity index (χ4n) is 2.87. The number of hydrogen-bond acceptors (Lipinski definition) is 6. The van der Waals surface area contributed by atoms with Gasteiger partial charge in [-0.25, -0.2) is 14.4 Å². The van der Waals surface area contributed by atoms with E-state index in [9.17, 15) is 9.18 Å². The highest BCUT2D eigenvalue weighted by Gasteiger charge is 2.09. The standard InChI is InChI=1S/C24H24FN3O3/c1-3-20(29)14-18-5-4-6-19(13-18)27-24-22(25)16-26-23(28-24)15-17-7-9-21(10-8-17)31-12-11-30-2/h3-10,13,16H,1,11-12,14-15H2,2H3,(H,26,27,28). The van der Waals surface area contributed by atoms with E-state index < -0.39 is 5.82 Å². The van der Waals surface area contributed by atoms with Gasteiger partial charge in [0, 0.05) is 25.6 Å². The number of methoxy groups -OCH3 is 1. The van der Waals surface area contributed by atoms with Crippen molar-refractivity contribution in [3.8, 4) is 5.75 Å². The van der Waals surface area contributed by atoms with Crippen LogP contribution in [0.3, 0.4) is 0 Å². The summed E-state index contributed by atoms with van der Waals surface area (Å²) in [5.41, 5.74) is 2.41. The molecule has 1 aromatic heterocycles. The lowest BCUT2D eigenvalue weighted by Crippen LogP contribution is -2.05. The van der Waals surface area contributed by atoms with Gasteiger partial charge in [-0.3, -0.25) is 4.79 Å². The molecule has 0 spiro atoms. The van der Waals surface area contributed by atoms with Crippen molar-refractivity contribution in [1.82, 2.24) is 9.97 Å². The highest BCUT2D eigenvalue weighted by Crippen LogP contribution is 2.20. The molecule has 1 heterocycles. The second kappa shape index (κ2) is 11.0. The SMILES string of the molecule is C=CC(=O)Cc1cccc(Nc2nc(Cc3ccc(OCCOC)cc3)ncc2F)c1. The highest BCUT2D eigenvalue weighted by molar-refractivity contribution is 5.91. The molecule has 0 unspecified atom stereocenters. The third-order valence-electron chi connectivity index (χ3n) is 4.43. The van der Waals surface area contributed by atoms with Crippen molar-refractivity contribution in [3.05, 3.63) is 90.2 Å². The lowest BCUT2D eigenvalue weighted by Gasteiger charge is -2.10. The minimum Gasteiger partial charge on any atom is -0.491 e. The quantitative estimate of drug-likeness (QED) is 0.368. The predicted octanol–water partition coefficient (Wildman–Crippen LogP) is 4.27. The number of anilines is 2. The molecule has 0 saturated carbocycles. The first kappa shape index (κ1) is 22.1. The van der Waals surface area contributed by atoms with E-state index in [-0.39, 0.29) is 18.0 Å². The zero-order chi connectivity index (χ0) is 22.1. The van der Waals surface area contributed by atoms with Crippen LogP contribution in [0.15, 0.2) is 67.4 Å². The molecule has 0 fully saturated rings. The van der Waals surface area contributed by atoms with Crippen LogP contribution in [0.25, 0.3) is 0 Å². The summed E-state index contributed by atoms with van der Waals surface area (Å²) < 4.78 is 24.8. The third kappa shape index (κ3) is 6.72. The Bertz CT molecular complexity index is 1040. The van der Waals surface area contributed by atoms with Crippen LogP contribution in [-0.2, 0) is 22.4 Å². The zero-order valence-corrected chi connectivity index (χ0v) is 17.3. The van der Waals surface area contributed by atoms with Crippen LogP contribution in [-0.4, -0.2) is 36.1 Å². The Morgan fingerprint density at radius 1 is 1.16 bits per heavy atom. The van der Waals surface area contributed by atoms with Gasteiger partial charge in [0.2, 0.25) is 0 Å². The predicted molar refractivity (Wildman–Crippen MR) is 117 cm³/mol. The molecule has 7 heteroatoms. The monoisotopic (exact) mass is 421 g/mol. The van der Waals surface area contributed by atoms with Crippen LogP contribution < -0.4 is 10.1 Å². The molecule has 0 bridgehead atoms. The van der Waals surface area contributed by atoms with E-state index in [0.29, 0.717) is 31.1 Å². The van der Waals surface area contributed by atoms with E-state index in [2.05, 4.69) is 21.9 Å². The van der Waals surface area contributed by atoms with Crippen LogP contribution in [0.1, 0.15) is 17.0 Å². The third-order valence-corrected chi connectivity index (χ3v) is 4.43. The molecule has 3 aromatic rings. The molecule has 0 amide bonds. The number of carbonyl (C=O) groups excluding carboxylic acids is 1. The first-order valence-electron chi connectivity index (χ1n) is 9.80. The number of rotatable bonds is 11. The molecule has 0 aliphatic heterocycles. The van der Waals surface area contributed by atoms with Gasteiger partial charge in [0.1, 0.15) is 18.2 Å². The molecule has 0 radical (unpaired) electrons. The fraction of sp³-hybridized carbons (Fsp3) is 0.208. The van der Waals surface area contributed by atoms with E-state index >= 15 is 0 Å². The number of nitrogens with one attached hydrogen (secondary N) is 1. The first-order valence-corrected chi connectivity index (χ1v) is 9.80. The highest BCUT2D eigenvalue weighted by atomic mass is 19.1. The molecule has 0 aliphatic carbocycles. The number of hydrogen-bond donors (Lipinski definition) is 1. The van der Waals surface area contributed by atoms with Crippen LogP contribution >= 0.6 is 0 Å². The number of benzene rings is 2. The minimum absolute atomic E-state index is 0.0803. The van der Waals surface area contributed by atoms with Gasteiger partial charge in [-0.2, -0.15) is 0 Å². The molecule has 0 atom stereocenters. The fourth-order valence-corrected chi connectivity index (χ4v) is 2.87. The number of carbonyl (C=O) groups is 1. The summed E-state index contributed by atoms with van der Waals surface area (Å²) in [6, 6.07) is 14.8. The van der Waals surface area contributed by atoms with Crippen molar-refractivity contribution >= 4 is 17.3 Å². The van der Waals surface area contributed by atoms with Gasteiger partial charge in [-0.05, 0) is 41.5 Å². The Morgan fingerprint density at radius 3 is 2.71 bits per heavy atom. The summed E-state index contributed by atoms with van der Waals surface area (Å²) >= 11 is 0. The van der Waals surface area contributed by atoms with Gasteiger partial charge < -0.3 is 14.8 Å². The van der Waals surface area contributed by atoms with Gasteiger partial charge in [-0.1, -0.05) is 30.8 Å². The van der Waals surface area contributed by atoms with Crippen molar-refractivity contribution in [2.45, 2.75) is 12.8 Å². The summed E-state index contributed by atoms with van der Waals surface area (Å²) in [7, 11) is 1.62. The maximum atomic E-state index is 14.3. The number of ketones is 1. The molecular formula is C24H24FN3O3. The molecule has 6 nitrogen and oxygen atoms in total. The normalized spacial score (nSPS) is 10.5. The van der Waals surface area contributed by atoms with E-state index in [1.807, 2.05) is 30.3 Å². The molecule has 1 N–H and O–H groups in total. The average Bonchev–Trinajstić information content (AvgIpc) is 2.77. The lowest BCUT2D eigenvalue weighted by atomic mass is 10.1. The Hall–Kier alpha value is -3.58. The zero-order valence-electron chi connectivity index (χ0n) is 17.3. The smallest absolute Gasteiger partial charge is 0.184 e. The van der Waals surface area contributed by atoms with E-state index in [1.165, 1.54) is 6.08 Å². The van der Waals surface area contributed by atoms with Gasteiger partial charge in [0.25, 0.3) is 0 Å². The van der Waals surface area contributed by atoms with Crippen molar-refractivity contribution in [3.63, 3.8) is 0 Å². The summed E-state index contributed by atoms with van der Waals surface area (Å²) in [4.78, 5) is 20.0.